The van der Waals surface area contributed by atoms with Crippen LogP contribution in [0.3, 0.4) is 0 Å². The lowest BCUT2D eigenvalue weighted by Gasteiger charge is -2.42. The van der Waals surface area contributed by atoms with E-state index in [0.717, 1.165) is 0 Å². The van der Waals surface area contributed by atoms with Gasteiger partial charge in [-0.3, -0.25) is 0 Å². The molecule has 0 heterocycles. The number of rotatable bonds is 9. The van der Waals surface area contributed by atoms with Crippen molar-refractivity contribution < 1.29 is 13.9 Å². The van der Waals surface area contributed by atoms with Crippen LogP contribution in [0.4, 0.5) is 0 Å². The highest BCUT2D eigenvalue weighted by Crippen LogP contribution is 2.36. The minimum Gasteiger partial charge on any atom is -0.404 e. The Morgan fingerprint density at radius 3 is 2.06 bits per heavy atom. The monoisotopic (exact) mass is 432 g/mol. The molecule has 0 unspecified atom stereocenters. The normalized spacial score (nSPS) is 11.5. The number of allylic oxidation sites excluding steroid dienone is 1. The molecule has 0 spiro atoms. The van der Waals surface area contributed by atoms with E-state index in [1.165, 1.54) is 10.4 Å². The van der Waals surface area contributed by atoms with Gasteiger partial charge >= 0.3 is 0 Å². The first-order valence-corrected chi connectivity index (χ1v) is 12.4. The first kappa shape index (κ1) is 24.7. The molecule has 0 N–H and O–H groups in total. The smallest absolute Gasteiger partial charge is 0.261 e. The van der Waals surface area contributed by atoms with Crippen molar-refractivity contribution in [3.63, 3.8) is 0 Å². The van der Waals surface area contributed by atoms with Crippen molar-refractivity contribution in [3.8, 4) is 23.7 Å². The van der Waals surface area contributed by atoms with Crippen LogP contribution < -0.4 is 10.4 Å². The van der Waals surface area contributed by atoms with Crippen LogP contribution in [0.2, 0.25) is 5.04 Å². The van der Waals surface area contributed by atoms with E-state index in [-0.39, 0.29) is 5.04 Å². The fourth-order valence-corrected chi connectivity index (χ4v) is 7.99. The number of hydrogen-bond acceptors (Lipinski definition) is 3. The Kier molecular flexibility index (Phi) is 10.3. The molecule has 3 nitrogen and oxygen atoms in total. The third-order valence-electron chi connectivity index (χ3n) is 4.81. The summed E-state index contributed by atoms with van der Waals surface area (Å²) in [5.74, 6) is 11.6. The summed E-state index contributed by atoms with van der Waals surface area (Å²) in [7, 11) is -0.900. The Bertz CT molecular complexity index is 883. The number of methoxy groups -OCH3 is 1. The van der Waals surface area contributed by atoms with Gasteiger partial charge in [0, 0.05) is 13.5 Å². The van der Waals surface area contributed by atoms with Gasteiger partial charge < -0.3 is 13.9 Å². The van der Waals surface area contributed by atoms with E-state index in [4.69, 9.17) is 13.9 Å². The van der Waals surface area contributed by atoms with Gasteiger partial charge in [0.15, 0.2) is 0 Å². The van der Waals surface area contributed by atoms with Crippen molar-refractivity contribution in [2.75, 3.05) is 27.1 Å². The van der Waals surface area contributed by atoms with E-state index in [9.17, 15) is 0 Å². The Hall–Kier alpha value is -2.60. The fourth-order valence-electron chi connectivity index (χ4n) is 3.49. The summed E-state index contributed by atoms with van der Waals surface area (Å²) in [4.78, 5) is 0. The summed E-state index contributed by atoms with van der Waals surface area (Å²) in [5.41, 5.74) is 0. The van der Waals surface area contributed by atoms with E-state index in [2.05, 4.69) is 105 Å². The second kappa shape index (κ2) is 12.9. The Labute approximate surface area is 188 Å². The molecular weight excluding hydrogens is 400 g/mol. The molecule has 31 heavy (non-hydrogen) atoms. The number of hydrogen-bond donors (Lipinski definition) is 0. The number of benzene rings is 2. The molecule has 0 saturated heterocycles. The summed E-state index contributed by atoms with van der Waals surface area (Å²) in [5, 5.41) is 2.51. The molecule has 2 aromatic rings. The van der Waals surface area contributed by atoms with Gasteiger partial charge in [0.05, 0.1) is 13.2 Å². The maximum Gasteiger partial charge on any atom is 0.261 e. The van der Waals surface area contributed by atoms with Crippen molar-refractivity contribution in [3.05, 3.63) is 72.8 Å². The van der Waals surface area contributed by atoms with Gasteiger partial charge in [0.25, 0.3) is 8.32 Å². The van der Waals surface area contributed by atoms with Crippen LogP contribution in [0.1, 0.15) is 27.2 Å². The Morgan fingerprint density at radius 1 is 0.903 bits per heavy atom. The lowest BCUT2D eigenvalue weighted by Crippen LogP contribution is -2.66. The van der Waals surface area contributed by atoms with E-state index in [0.29, 0.717) is 26.4 Å². The lowest BCUT2D eigenvalue weighted by molar-refractivity contribution is -0.0281. The topological polar surface area (TPSA) is 27.7 Å². The molecule has 0 bridgehead atoms. The fraction of sp³-hybridized carbons (Fsp3) is 0.333. The van der Waals surface area contributed by atoms with Gasteiger partial charge in [-0.2, -0.15) is 0 Å². The molecule has 4 heteroatoms. The molecule has 0 radical (unpaired) electrons. The Morgan fingerprint density at radius 2 is 1.52 bits per heavy atom. The summed E-state index contributed by atoms with van der Waals surface area (Å²) in [6, 6.07) is 21.3. The van der Waals surface area contributed by atoms with E-state index in [1.54, 1.807) is 7.11 Å². The van der Waals surface area contributed by atoms with Crippen LogP contribution >= 0.6 is 0 Å². The Balaban J connectivity index is 2.12. The zero-order valence-electron chi connectivity index (χ0n) is 19.0. The molecule has 0 aliphatic rings. The molecule has 0 amide bonds. The second-order valence-electron chi connectivity index (χ2n) is 8.01. The third kappa shape index (κ3) is 7.24. The quantitative estimate of drug-likeness (QED) is 0.258. The van der Waals surface area contributed by atoms with Gasteiger partial charge in [-0.15, -0.1) is 0 Å². The summed E-state index contributed by atoms with van der Waals surface area (Å²) in [6.45, 7) is 8.16. The SMILES string of the molecule is COCOCCC#CC#C/C=C\CO[Si](c1ccccc1)(c1ccccc1)C(C)(C)C. The van der Waals surface area contributed by atoms with E-state index < -0.39 is 8.32 Å². The maximum absolute atomic E-state index is 6.77. The molecule has 0 fully saturated rings. The highest BCUT2D eigenvalue weighted by Gasteiger charge is 2.49. The van der Waals surface area contributed by atoms with Crippen LogP contribution in [0.15, 0.2) is 72.8 Å². The van der Waals surface area contributed by atoms with Crippen molar-refractivity contribution in [1.82, 2.24) is 0 Å². The van der Waals surface area contributed by atoms with Crippen LogP contribution in [0, 0.1) is 23.7 Å². The predicted molar refractivity (Wildman–Crippen MR) is 131 cm³/mol. The predicted octanol–water partition coefficient (Wildman–Crippen LogP) is 4.14. The zero-order valence-corrected chi connectivity index (χ0v) is 20.0. The molecule has 0 aromatic heterocycles. The highest BCUT2D eigenvalue weighted by atomic mass is 28.4. The first-order chi connectivity index (χ1) is 15.0. The van der Waals surface area contributed by atoms with Crippen LogP contribution in [-0.4, -0.2) is 35.4 Å². The molecule has 2 rings (SSSR count). The third-order valence-corrected chi connectivity index (χ3v) is 9.81. The lowest BCUT2D eigenvalue weighted by atomic mass is 10.2. The minimum absolute atomic E-state index is 0.0361. The highest BCUT2D eigenvalue weighted by molar-refractivity contribution is 6.99. The molecule has 0 atom stereocenters. The summed E-state index contributed by atoms with van der Waals surface area (Å²) >= 11 is 0. The average molecular weight is 433 g/mol. The maximum atomic E-state index is 6.77. The summed E-state index contributed by atoms with van der Waals surface area (Å²) in [6.07, 6.45) is 4.42. The second-order valence-corrected chi connectivity index (χ2v) is 12.3. The first-order valence-electron chi connectivity index (χ1n) is 10.5. The van der Waals surface area contributed by atoms with Gasteiger partial charge in [-0.1, -0.05) is 99.4 Å². The molecular formula is C27H32O3Si. The van der Waals surface area contributed by atoms with Gasteiger partial charge in [-0.25, -0.2) is 0 Å². The van der Waals surface area contributed by atoms with Gasteiger partial charge in [-0.05, 0) is 33.3 Å². The minimum atomic E-state index is -2.50. The van der Waals surface area contributed by atoms with Crippen LogP contribution in [0.25, 0.3) is 0 Å². The molecule has 2 aromatic carbocycles. The summed E-state index contributed by atoms with van der Waals surface area (Å²) < 4.78 is 16.8. The van der Waals surface area contributed by atoms with E-state index in [1.807, 2.05) is 12.2 Å². The van der Waals surface area contributed by atoms with Crippen molar-refractivity contribution in [1.29, 1.82) is 0 Å². The molecule has 0 aliphatic heterocycles. The van der Waals surface area contributed by atoms with Crippen molar-refractivity contribution >= 4 is 18.7 Å². The molecule has 0 aliphatic carbocycles. The number of ether oxygens (including phenoxy) is 2. The average Bonchev–Trinajstić information content (AvgIpc) is 2.77. The zero-order chi connectivity index (χ0) is 22.4. The van der Waals surface area contributed by atoms with Crippen molar-refractivity contribution in [2.45, 2.75) is 32.2 Å². The largest absolute Gasteiger partial charge is 0.404 e. The van der Waals surface area contributed by atoms with Crippen LogP contribution in [-0.2, 0) is 13.9 Å². The van der Waals surface area contributed by atoms with E-state index >= 15 is 0 Å². The standard InChI is InChI=1S/C27H32O3Si/c1-27(2,3)31(25-18-12-10-13-19-25,26-20-14-11-15-21-26)30-23-17-9-7-5-6-8-16-22-29-24-28-4/h9-15,17-21H,16,22-24H2,1-4H3/b17-9-. The van der Waals surface area contributed by atoms with Gasteiger partial charge in [0.2, 0.25) is 0 Å². The van der Waals surface area contributed by atoms with Crippen LogP contribution in [0.5, 0.6) is 0 Å². The molecule has 162 valence electrons. The van der Waals surface area contributed by atoms with Gasteiger partial charge in [0.1, 0.15) is 6.79 Å². The van der Waals surface area contributed by atoms with Crippen molar-refractivity contribution in [2.24, 2.45) is 0 Å². The molecule has 0 saturated carbocycles.